The number of carbonyl (C=O) groups excluding carboxylic acids is 1. The van der Waals surface area contributed by atoms with Gasteiger partial charge in [-0.05, 0) is 49.2 Å². The maximum Gasteiger partial charge on any atom is 0.256 e. The summed E-state index contributed by atoms with van der Waals surface area (Å²) in [6.45, 7) is 1.78. The van der Waals surface area contributed by atoms with Crippen molar-refractivity contribution in [2.24, 2.45) is 0 Å². The molecule has 3 heterocycles. The van der Waals surface area contributed by atoms with E-state index in [0.29, 0.717) is 10.3 Å². The third-order valence-corrected chi connectivity index (χ3v) is 7.02. The van der Waals surface area contributed by atoms with E-state index in [1.54, 1.807) is 11.3 Å². The van der Waals surface area contributed by atoms with Crippen molar-refractivity contribution in [1.82, 2.24) is 4.90 Å². The summed E-state index contributed by atoms with van der Waals surface area (Å²) in [5.41, 5.74) is 0.747. The quantitative estimate of drug-likeness (QED) is 0.750. The summed E-state index contributed by atoms with van der Waals surface area (Å²) in [7, 11) is 0. The van der Waals surface area contributed by atoms with Crippen molar-refractivity contribution in [3.8, 4) is 0 Å². The number of rotatable bonds is 2. The van der Waals surface area contributed by atoms with E-state index >= 15 is 0 Å². The molecule has 0 radical (unpaired) electrons. The molecule has 1 amide bonds. The van der Waals surface area contributed by atoms with Gasteiger partial charge in [-0.15, -0.1) is 11.3 Å². The van der Waals surface area contributed by atoms with Gasteiger partial charge in [0.05, 0.1) is 5.56 Å². The first-order valence-corrected chi connectivity index (χ1v) is 10.3. The van der Waals surface area contributed by atoms with Gasteiger partial charge in [0, 0.05) is 18.0 Å². The summed E-state index contributed by atoms with van der Waals surface area (Å²) in [6.07, 6.45) is 7.18. The van der Waals surface area contributed by atoms with Gasteiger partial charge >= 0.3 is 0 Å². The molecule has 0 saturated carbocycles. The second-order valence-electron chi connectivity index (χ2n) is 5.93. The van der Waals surface area contributed by atoms with E-state index in [9.17, 15) is 4.79 Å². The molecule has 0 atom stereocenters. The molecule has 0 aromatic carbocycles. The SMILES string of the molecule is O=C(c1cc(C2CCSCC2)sc1Cl)N1CCCCCC1. The molecule has 0 aliphatic carbocycles. The van der Waals surface area contributed by atoms with Crippen LogP contribution in [0.4, 0.5) is 0 Å². The zero-order valence-corrected chi connectivity index (χ0v) is 14.7. The lowest BCUT2D eigenvalue weighted by atomic mass is 10.0. The highest BCUT2D eigenvalue weighted by atomic mass is 35.5. The summed E-state index contributed by atoms with van der Waals surface area (Å²) in [5, 5.41) is 0. The van der Waals surface area contributed by atoms with Gasteiger partial charge in [0.2, 0.25) is 0 Å². The Kier molecular flexibility index (Phi) is 5.52. The molecule has 0 N–H and O–H groups in total. The molecule has 0 bridgehead atoms. The Morgan fingerprint density at radius 1 is 1.14 bits per heavy atom. The Morgan fingerprint density at radius 2 is 1.81 bits per heavy atom. The molecule has 116 valence electrons. The van der Waals surface area contributed by atoms with E-state index in [0.717, 1.165) is 31.5 Å². The number of thiophene rings is 1. The summed E-state index contributed by atoms with van der Waals surface area (Å²) in [6, 6.07) is 2.08. The number of hydrogen-bond donors (Lipinski definition) is 0. The summed E-state index contributed by atoms with van der Waals surface area (Å²) < 4.78 is 0.692. The highest BCUT2D eigenvalue weighted by molar-refractivity contribution is 7.99. The molecular formula is C16H22ClNOS2. The van der Waals surface area contributed by atoms with Gasteiger partial charge in [-0.3, -0.25) is 4.79 Å². The highest BCUT2D eigenvalue weighted by Gasteiger charge is 2.25. The second kappa shape index (κ2) is 7.38. The van der Waals surface area contributed by atoms with Crippen molar-refractivity contribution >= 4 is 40.6 Å². The van der Waals surface area contributed by atoms with Crippen molar-refractivity contribution in [3.63, 3.8) is 0 Å². The zero-order chi connectivity index (χ0) is 14.7. The van der Waals surface area contributed by atoms with Crippen LogP contribution in [0.5, 0.6) is 0 Å². The Bertz CT molecular complexity index is 488. The summed E-state index contributed by atoms with van der Waals surface area (Å²) >= 11 is 10.0. The van der Waals surface area contributed by atoms with Crippen LogP contribution >= 0.6 is 34.7 Å². The maximum absolute atomic E-state index is 12.7. The predicted octanol–water partition coefficient (Wildman–Crippen LogP) is 5.03. The molecule has 1 aromatic rings. The van der Waals surface area contributed by atoms with Crippen LogP contribution in [0.15, 0.2) is 6.07 Å². The average Bonchev–Trinajstić information content (AvgIpc) is 2.74. The van der Waals surface area contributed by atoms with Gasteiger partial charge in [-0.25, -0.2) is 0 Å². The summed E-state index contributed by atoms with van der Waals surface area (Å²) in [5.74, 6) is 3.22. The predicted molar refractivity (Wildman–Crippen MR) is 93.0 cm³/mol. The largest absolute Gasteiger partial charge is 0.339 e. The molecule has 0 unspecified atom stereocenters. The van der Waals surface area contributed by atoms with Gasteiger partial charge in [0.25, 0.3) is 5.91 Å². The normalized spacial score (nSPS) is 21.3. The van der Waals surface area contributed by atoms with Crippen LogP contribution in [-0.4, -0.2) is 35.4 Å². The number of thioether (sulfide) groups is 1. The standard InChI is InChI=1S/C16H22ClNOS2/c17-15-13(16(19)18-7-3-1-2-4-8-18)11-14(21-15)12-5-9-20-10-6-12/h11-12H,1-10H2. The summed E-state index contributed by atoms with van der Waals surface area (Å²) in [4.78, 5) is 16.0. The molecule has 2 aliphatic heterocycles. The Labute approximate surface area is 140 Å². The first-order valence-electron chi connectivity index (χ1n) is 7.92. The number of halogens is 1. The van der Waals surface area contributed by atoms with Crippen LogP contribution in [-0.2, 0) is 0 Å². The van der Waals surface area contributed by atoms with Crippen LogP contribution in [0.1, 0.15) is 59.7 Å². The van der Waals surface area contributed by atoms with Gasteiger partial charge in [0.1, 0.15) is 4.34 Å². The van der Waals surface area contributed by atoms with Crippen LogP contribution in [0, 0.1) is 0 Å². The maximum atomic E-state index is 12.7. The number of hydrogen-bond acceptors (Lipinski definition) is 3. The van der Waals surface area contributed by atoms with Gasteiger partial charge in [-0.1, -0.05) is 24.4 Å². The molecule has 21 heavy (non-hydrogen) atoms. The van der Waals surface area contributed by atoms with E-state index in [-0.39, 0.29) is 5.91 Å². The molecule has 2 fully saturated rings. The highest BCUT2D eigenvalue weighted by Crippen LogP contribution is 2.39. The average molecular weight is 344 g/mol. The minimum atomic E-state index is 0.148. The fourth-order valence-electron chi connectivity index (χ4n) is 3.16. The molecular weight excluding hydrogens is 322 g/mol. The lowest BCUT2D eigenvalue weighted by Gasteiger charge is -2.20. The van der Waals surface area contributed by atoms with E-state index < -0.39 is 0 Å². The molecule has 5 heteroatoms. The topological polar surface area (TPSA) is 20.3 Å². The van der Waals surface area contributed by atoms with E-state index in [1.165, 1.54) is 42.1 Å². The fourth-order valence-corrected chi connectivity index (χ4v) is 5.71. The molecule has 2 saturated heterocycles. The third-order valence-electron chi connectivity index (χ3n) is 4.45. The zero-order valence-electron chi connectivity index (χ0n) is 12.3. The van der Waals surface area contributed by atoms with Crippen LogP contribution in [0.25, 0.3) is 0 Å². The van der Waals surface area contributed by atoms with Crippen molar-refractivity contribution in [1.29, 1.82) is 0 Å². The van der Waals surface area contributed by atoms with E-state index in [4.69, 9.17) is 11.6 Å². The molecule has 0 spiro atoms. The van der Waals surface area contributed by atoms with Gasteiger partial charge < -0.3 is 4.90 Å². The molecule has 1 aromatic heterocycles. The van der Waals surface area contributed by atoms with Crippen LogP contribution in [0.2, 0.25) is 4.34 Å². The van der Waals surface area contributed by atoms with E-state index in [2.05, 4.69) is 6.07 Å². The minimum absolute atomic E-state index is 0.148. The van der Waals surface area contributed by atoms with Gasteiger partial charge in [0.15, 0.2) is 0 Å². The van der Waals surface area contributed by atoms with Crippen LogP contribution in [0.3, 0.4) is 0 Å². The molecule has 3 rings (SSSR count). The molecule has 2 nitrogen and oxygen atoms in total. The number of likely N-dealkylation sites (tertiary alicyclic amines) is 1. The Hall–Kier alpha value is -0.190. The number of carbonyl (C=O) groups is 1. The fraction of sp³-hybridized carbons (Fsp3) is 0.688. The lowest BCUT2D eigenvalue weighted by molar-refractivity contribution is 0.0762. The third kappa shape index (κ3) is 3.77. The monoisotopic (exact) mass is 343 g/mol. The second-order valence-corrected chi connectivity index (χ2v) is 8.84. The molecule has 2 aliphatic rings. The van der Waals surface area contributed by atoms with E-state index in [1.807, 2.05) is 16.7 Å². The smallest absolute Gasteiger partial charge is 0.256 e. The Morgan fingerprint density at radius 3 is 2.48 bits per heavy atom. The minimum Gasteiger partial charge on any atom is -0.339 e. The van der Waals surface area contributed by atoms with Crippen molar-refractivity contribution < 1.29 is 4.79 Å². The number of nitrogens with zero attached hydrogens (tertiary/aromatic N) is 1. The Balaban J connectivity index is 1.74. The van der Waals surface area contributed by atoms with Crippen molar-refractivity contribution in [2.45, 2.75) is 44.4 Å². The van der Waals surface area contributed by atoms with Crippen molar-refractivity contribution in [2.75, 3.05) is 24.6 Å². The van der Waals surface area contributed by atoms with Gasteiger partial charge in [-0.2, -0.15) is 11.8 Å². The lowest BCUT2D eigenvalue weighted by Crippen LogP contribution is -2.31. The van der Waals surface area contributed by atoms with Crippen molar-refractivity contribution in [3.05, 3.63) is 20.8 Å². The number of amides is 1. The first-order chi connectivity index (χ1) is 10.3. The van der Waals surface area contributed by atoms with Crippen LogP contribution < -0.4 is 0 Å². The first kappa shape index (κ1) is 15.7.